The van der Waals surface area contributed by atoms with Crippen molar-refractivity contribution in [2.75, 3.05) is 6.61 Å². The van der Waals surface area contributed by atoms with E-state index >= 15 is 0 Å². The molecule has 1 heterocycles. The Bertz CT molecular complexity index is 815. The topological polar surface area (TPSA) is 76.0 Å². The van der Waals surface area contributed by atoms with Crippen LogP contribution in [0.4, 0.5) is 0 Å². The minimum absolute atomic E-state index is 0.0220. The first-order chi connectivity index (χ1) is 13.5. The van der Waals surface area contributed by atoms with Crippen LogP contribution in [0.2, 0.25) is 0 Å². The fraction of sp³-hybridized carbons (Fsp3) is 0.348. The van der Waals surface area contributed by atoms with Gasteiger partial charge in [-0.05, 0) is 31.9 Å². The number of ether oxygens (including phenoxy) is 2. The number of carboxylic acid groups (broad SMARTS) is 1. The molecule has 28 heavy (non-hydrogen) atoms. The van der Waals surface area contributed by atoms with Crippen molar-refractivity contribution in [2.24, 2.45) is 5.92 Å². The molecule has 1 aliphatic rings. The normalized spacial score (nSPS) is 22.4. The molecule has 3 rings (SSSR count). The highest BCUT2D eigenvalue weighted by molar-refractivity contribution is 5.66. The number of carboxylic acids is 1. The van der Waals surface area contributed by atoms with Crippen LogP contribution in [-0.4, -0.2) is 22.8 Å². The Labute approximate surface area is 165 Å². The number of phenols is 1. The molecule has 1 fully saturated rings. The zero-order valence-electron chi connectivity index (χ0n) is 16.0. The molecule has 2 aromatic rings. The van der Waals surface area contributed by atoms with Crippen molar-refractivity contribution in [2.45, 2.75) is 38.6 Å². The Morgan fingerprint density at radius 1 is 1.18 bits per heavy atom. The Balaban J connectivity index is 1.78. The molecule has 0 unspecified atom stereocenters. The van der Waals surface area contributed by atoms with Crippen LogP contribution in [0.1, 0.15) is 48.3 Å². The van der Waals surface area contributed by atoms with Gasteiger partial charge in [0.1, 0.15) is 5.75 Å². The quantitative estimate of drug-likeness (QED) is 0.665. The van der Waals surface area contributed by atoms with Crippen molar-refractivity contribution in [1.29, 1.82) is 0 Å². The molecule has 1 saturated heterocycles. The van der Waals surface area contributed by atoms with Gasteiger partial charge in [0.2, 0.25) is 0 Å². The van der Waals surface area contributed by atoms with E-state index in [1.54, 1.807) is 6.07 Å². The molecule has 0 aromatic heterocycles. The van der Waals surface area contributed by atoms with E-state index in [9.17, 15) is 9.90 Å². The molecule has 2 aromatic carbocycles. The molecule has 0 amide bonds. The van der Waals surface area contributed by atoms with Crippen LogP contribution in [0.3, 0.4) is 0 Å². The van der Waals surface area contributed by atoms with E-state index in [1.165, 1.54) is 0 Å². The first-order valence-electron chi connectivity index (χ1n) is 9.53. The number of aliphatic carboxylic acids is 1. The Kier molecular flexibility index (Phi) is 6.85. The minimum Gasteiger partial charge on any atom is -0.508 e. The molecule has 1 aliphatic heterocycles. The number of aromatic hydroxyl groups is 1. The lowest BCUT2D eigenvalue weighted by Crippen LogP contribution is -2.30. The first kappa shape index (κ1) is 20.1. The van der Waals surface area contributed by atoms with Crippen molar-refractivity contribution in [3.05, 3.63) is 77.4 Å². The highest BCUT2D eigenvalue weighted by Crippen LogP contribution is 2.42. The van der Waals surface area contributed by atoms with Gasteiger partial charge in [-0.3, -0.25) is 4.79 Å². The fourth-order valence-electron chi connectivity index (χ4n) is 3.38. The summed E-state index contributed by atoms with van der Waals surface area (Å²) < 4.78 is 12.3. The summed E-state index contributed by atoms with van der Waals surface area (Å²) in [6.07, 6.45) is 4.34. The first-order valence-corrected chi connectivity index (χ1v) is 9.53. The summed E-state index contributed by atoms with van der Waals surface area (Å²) in [5.41, 5.74) is 2.75. The molecule has 5 heteroatoms. The SMILES string of the molecule is Cc1ccc(O)c([C@@H]2O[C@H](c3ccccc3)OC[C@@H]2C/C=C\CCC(=O)O)c1. The number of benzene rings is 2. The van der Waals surface area contributed by atoms with Crippen molar-refractivity contribution < 1.29 is 24.5 Å². The maximum Gasteiger partial charge on any atom is 0.303 e. The summed E-state index contributed by atoms with van der Waals surface area (Å²) in [7, 11) is 0. The van der Waals surface area contributed by atoms with E-state index in [-0.39, 0.29) is 24.2 Å². The Morgan fingerprint density at radius 3 is 2.71 bits per heavy atom. The van der Waals surface area contributed by atoms with Gasteiger partial charge in [0.25, 0.3) is 0 Å². The number of phenolic OH excluding ortho intramolecular Hbond substituents is 1. The minimum atomic E-state index is -0.803. The lowest BCUT2D eigenvalue weighted by molar-refractivity contribution is -0.244. The maximum absolute atomic E-state index is 10.6. The highest BCUT2D eigenvalue weighted by Gasteiger charge is 2.34. The van der Waals surface area contributed by atoms with Crippen LogP contribution in [0.5, 0.6) is 5.75 Å². The van der Waals surface area contributed by atoms with Gasteiger partial charge >= 0.3 is 5.97 Å². The third-order valence-corrected chi connectivity index (χ3v) is 4.85. The van der Waals surface area contributed by atoms with Crippen LogP contribution >= 0.6 is 0 Å². The molecular weight excluding hydrogens is 356 g/mol. The third kappa shape index (κ3) is 5.21. The molecule has 0 saturated carbocycles. The zero-order valence-corrected chi connectivity index (χ0v) is 16.0. The van der Waals surface area contributed by atoms with Crippen LogP contribution in [0.25, 0.3) is 0 Å². The molecule has 0 radical (unpaired) electrons. The van der Waals surface area contributed by atoms with Gasteiger partial charge in [0, 0.05) is 23.5 Å². The van der Waals surface area contributed by atoms with E-state index in [0.717, 1.165) is 16.7 Å². The van der Waals surface area contributed by atoms with Crippen molar-refractivity contribution in [3.63, 3.8) is 0 Å². The number of rotatable bonds is 7. The maximum atomic E-state index is 10.6. The second-order valence-electron chi connectivity index (χ2n) is 7.09. The van der Waals surface area contributed by atoms with E-state index < -0.39 is 12.3 Å². The fourth-order valence-corrected chi connectivity index (χ4v) is 3.38. The Morgan fingerprint density at radius 2 is 1.96 bits per heavy atom. The number of hydrogen-bond donors (Lipinski definition) is 2. The summed E-state index contributed by atoms with van der Waals surface area (Å²) in [4.78, 5) is 10.6. The second kappa shape index (κ2) is 9.53. The van der Waals surface area contributed by atoms with Crippen LogP contribution < -0.4 is 0 Å². The van der Waals surface area contributed by atoms with Gasteiger partial charge in [-0.15, -0.1) is 0 Å². The molecule has 148 valence electrons. The standard InChI is InChI=1S/C23H26O5/c1-16-12-13-20(24)19(14-16)22-18(10-6-3-7-11-21(25)26)15-27-23(28-22)17-8-4-2-5-9-17/h2-6,8-9,12-14,18,22-24H,7,10-11,15H2,1H3,(H,25,26)/b6-3-/t18-,22+,23+/m0/s1. The second-order valence-corrected chi connectivity index (χ2v) is 7.09. The van der Waals surface area contributed by atoms with Crippen molar-refractivity contribution >= 4 is 5.97 Å². The number of carbonyl (C=O) groups is 1. The van der Waals surface area contributed by atoms with E-state index in [4.69, 9.17) is 14.6 Å². The summed E-state index contributed by atoms with van der Waals surface area (Å²) >= 11 is 0. The molecule has 2 N–H and O–H groups in total. The van der Waals surface area contributed by atoms with Gasteiger partial charge in [0.15, 0.2) is 6.29 Å². The van der Waals surface area contributed by atoms with Crippen molar-refractivity contribution in [3.8, 4) is 5.75 Å². The monoisotopic (exact) mass is 382 g/mol. The van der Waals surface area contributed by atoms with E-state index in [2.05, 4.69) is 0 Å². The molecular formula is C23H26O5. The molecule has 0 aliphatic carbocycles. The average molecular weight is 382 g/mol. The largest absolute Gasteiger partial charge is 0.508 e. The molecule has 5 nitrogen and oxygen atoms in total. The number of allylic oxidation sites excluding steroid dienone is 2. The predicted molar refractivity (Wildman–Crippen MR) is 106 cm³/mol. The van der Waals surface area contributed by atoms with E-state index in [0.29, 0.717) is 19.4 Å². The lowest BCUT2D eigenvalue weighted by atomic mass is 9.90. The highest BCUT2D eigenvalue weighted by atomic mass is 16.7. The number of hydrogen-bond acceptors (Lipinski definition) is 4. The molecule has 3 atom stereocenters. The van der Waals surface area contributed by atoms with Crippen LogP contribution in [-0.2, 0) is 14.3 Å². The van der Waals surface area contributed by atoms with Crippen LogP contribution in [0.15, 0.2) is 60.7 Å². The number of aryl methyl sites for hydroxylation is 1. The summed E-state index contributed by atoms with van der Waals surface area (Å²) in [6, 6.07) is 15.3. The third-order valence-electron chi connectivity index (χ3n) is 4.85. The van der Waals surface area contributed by atoms with Crippen LogP contribution in [0, 0.1) is 12.8 Å². The summed E-state index contributed by atoms with van der Waals surface area (Å²) in [5, 5.41) is 19.2. The zero-order chi connectivity index (χ0) is 19.9. The van der Waals surface area contributed by atoms with Gasteiger partial charge in [-0.1, -0.05) is 54.1 Å². The molecule has 0 spiro atoms. The smallest absolute Gasteiger partial charge is 0.303 e. The lowest BCUT2D eigenvalue weighted by Gasteiger charge is -2.37. The Hall–Kier alpha value is -2.63. The van der Waals surface area contributed by atoms with Gasteiger partial charge < -0.3 is 19.7 Å². The predicted octanol–water partition coefficient (Wildman–Crippen LogP) is 4.91. The summed E-state index contributed by atoms with van der Waals surface area (Å²) in [6.45, 7) is 2.47. The summed E-state index contributed by atoms with van der Waals surface area (Å²) in [5.74, 6) is -0.569. The van der Waals surface area contributed by atoms with Gasteiger partial charge in [0.05, 0.1) is 12.7 Å². The van der Waals surface area contributed by atoms with E-state index in [1.807, 2.05) is 61.5 Å². The van der Waals surface area contributed by atoms with Crippen molar-refractivity contribution in [1.82, 2.24) is 0 Å². The molecule has 0 bridgehead atoms. The van der Waals surface area contributed by atoms with Gasteiger partial charge in [-0.25, -0.2) is 0 Å². The average Bonchev–Trinajstić information content (AvgIpc) is 2.70. The van der Waals surface area contributed by atoms with Gasteiger partial charge in [-0.2, -0.15) is 0 Å².